The van der Waals surface area contributed by atoms with Gasteiger partial charge in [-0.1, -0.05) is 6.07 Å². The fraction of sp³-hybridized carbons (Fsp3) is 0.182. The highest BCUT2D eigenvalue weighted by Crippen LogP contribution is 2.41. The monoisotopic (exact) mass is 433 g/mol. The van der Waals surface area contributed by atoms with Gasteiger partial charge in [0.05, 0.1) is 11.6 Å². The Morgan fingerprint density at radius 1 is 1.09 bits per heavy atom. The van der Waals surface area contributed by atoms with Crippen LogP contribution in [0.4, 0.5) is 21.8 Å². The van der Waals surface area contributed by atoms with Crippen LogP contribution in [0.5, 0.6) is 11.5 Å². The van der Waals surface area contributed by atoms with E-state index in [-0.39, 0.29) is 17.3 Å². The number of hydrogen-bond donors (Lipinski definition) is 3. The predicted molar refractivity (Wildman–Crippen MR) is 112 cm³/mol. The fourth-order valence-corrected chi connectivity index (χ4v) is 3.85. The van der Waals surface area contributed by atoms with Crippen LogP contribution >= 0.6 is 0 Å². The van der Waals surface area contributed by atoms with Crippen molar-refractivity contribution in [3.8, 4) is 17.6 Å². The molecule has 3 heterocycles. The summed E-state index contributed by atoms with van der Waals surface area (Å²) in [6.45, 7) is 0.801. The van der Waals surface area contributed by atoms with Crippen molar-refractivity contribution in [3.63, 3.8) is 0 Å². The number of aromatic amines is 1. The van der Waals surface area contributed by atoms with Gasteiger partial charge in [-0.15, -0.1) is 0 Å². The van der Waals surface area contributed by atoms with E-state index in [1.165, 1.54) is 24.3 Å². The van der Waals surface area contributed by atoms with Crippen LogP contribution in [0.2, 0.25) is 0 Å². The molecule has 1 amide bonds. The van der Waals surface area contributed by atoms with Gasteiger partial charge in [0.15, 0.2) is 11.5 Å². The summed E-state index contributed by atoms with van der Waals surface area (Å²) >= 11 is 0. The third-order valence-corrected chi connectivity index (χ3v) is 5.30. The number of nitrogens with zero attached hydrogens (tertiary/aromatic N) is 2. The van der Waals surface area contributed by atoms with Crippen LogP contribution in [0.15, 0.2) is 47.3 Å². The molecule has 10 heteroatoms. The van der Waals surface area contributed by atoms with Crippen LogP contribution in [-0.2, 0) is 4.79 Å². The maximum Gasteiger partial charge on any atom is 0.258 e. The molecule has 1 aromatic heterocycles. The van der Waals surface area contributed by atoms with Crippen molar-refractivity contribution in [1.29, 1.82) is 5.26 Å². The lowest BCUT2D eigenvalue weighted by atomic mass is 9.79. The molecule has 9 nitrogen and oxygen atoms in total. The van der Waals surface area contributed by atoms with Gasteiger partial charge >= 0.3 is 0 Å². The summed E-state index contributed by atoms with van der Waals surface area (Å²) in [6.07, 6.45) is 0. The molecule has 2 aliphatic heterocycles. The predicted octanol–water partition coefficient (Wildman–Crippen LogP) is 2.65. The number of hydrogen-bond acceptors (Lipinski definition) is 7. The second kappa shape index (κ2) is 7.70. The van der Waals surface area contributed by atoms with Crippen molar-refractivity contribution in [3.05, 3.63) is 69.8 Å². The minimum Gasteiger partial charge on any atom is -0.486 e. The molecule has 0 aliphatic carbocycles. The molecule has 5 rings (SSSR count). The molecule has 3 aromatic rings. The Morgan fingerprint density at radius 3 is 2.59 bits per heavy atom. The summed E-state index contributed by atoms with van der Waals surface area (Å²) in [5.41, 5.74) is 0.704. The number of carbonyl (C=O) groups is 1. The summed E-state index contributed by atoms with van der Waals surface area (Å²) < 4.78 is 24.3. The van der Waals surface area contributed by atoms with E-state index in [4.69, 9.17) is 9.47 Å². The van der Waals surface area contributed by atoms with Gasteiger partial charge in [-0.2, -0.15) is 10.2 Å². The maximum atomic E-state index is 13.1. The molecule has 2 aromatic carbocycles. The smallest absolute Gasteiger partial charge is 0.258 e. The van der Waals surface area contributed by atoms with E-state index in [2.05, 4.69) is 20.6 Å². The number of anilines is 3. The first-order chi connectivity index (χ1) is 15.5. The van der Waals surface area contributed by atoms with Gasteiger partial charge in [0.25, 0.3) is 5.56 Å². The molecule has 0 radical (unpaired) electrons. The SMILES string of the molecule is N#CC1C(=O)Nc2nc(Nc3ccc(F)cc3)[nH]c(=O)c2C1c1ccc2c(c1)OCCO2. The minimum atomic E-state index is -1.14. The number of carbonyl (C=O) groups excluding carboxylic acids is 1. The van der Waals surface area contributed by atoms with Gasteiger partial charge < -0.3 is 20.1 Å². The van der Waals surface area contributed by atoms with E-state index in [1.54, 1.807) is 18.2 Å². The highest BCUT2D eigenvalue weighted by atomic mass is 19.1. The number of halogens is 1. The van der Waals surface area contributed by atoms with Gasteiger partial charge in [0.1, 0.15) is 30.8 Å². The van der Waals surface area contributed by atoms with Crippen LogP contribution in [-0.4, -0.2) is 29.1 Å². The molecule has 0 fully saturated rings. The van der Waals surface area contributed by atoms with Gasteiger partial charge in [-0.25, -0.2) is 4.39 Å². The number of rotatable bonds is 3. The topological polar surface area (TPSA) is 129 Å². The zero-order chi connectivity index (χ0) is 22.2. The lowest BCUT2D eigenvalue weighted by Gasteiger charge is -2.29. The van der Waals surface area contributed by atoms with Crippen molar-refractivity contribution in [1.82, 2.24) is 9.97 Å². The molecule has 2 aliphatic rings. The average Bonchev–Trinajstić information content (AvgIpc) is 2.79. The van der Waals surface area contributed by atoms with Gasteiger partial charge in [0.2, 0.25) is 11.9 Å². The number of ether oxygens (including phenoxy) is 2. The van der Waals surface area contributed by atoms with Crippen LogP contribution < -0.4 is 25.7 Å². The number of H-pyrrole nitrogens is 1. The summed E-state index contributed by atoms with van der Waals surface area (Å²) in [5, 5.41) is 15.1. The third-order valence-electron chi connectivity index (χ3n) is 5.30. The number of amides is 1. The number of aromatic nitrogens is 2. The van der Waals surface area contributed by atoms with E-state index < -0.39 is 29.1 Å². The van der Waals surface area contributed by atoms with E-state index in [9.17, 15) is 19.2 Å². The van der Waals surface area contributed by atoms with E-state index in [0.29, 0.717) is 36.0 Å². The van der Waals surface area contributed by atoms with Gasteiger partial charge in [0, 0.05) is 11.6 Å². The van der Waals surface area contributed by atoms with E-state index >= 15 is 0 Å². The second-order valence-corrected chi connectivity index (χ2v) is 7.29. The van der Waals surface area contributed by atoms with Crippen molar-refractivity contribution in [2.75, 3.05) is 23.8 Å². The quantitative estimate of drug-likeness (QED) is 0.579. The molecule has 2 atom stereocenters. The Morgan fingerprint density at radius 2 is 1.84 bits per heavy atom. The summed E-state index contributed by atoms with van der Waals surface area (Å²) in [6, 6.07) is 12.6. The van der Waals surface area contributed by atoms with Crippen molar-refractivity contribution in [2.45, 2.75) is 5.92 Å². The summed E-state index contributed by atoms with van der Waals surface area (Å²) in [7, 11) is 0. The minimum absolute atomic E-state index is 0.0507. The Kier molecular flexibility index (Phi) is 4.71. The molecule has 0 bridgehead atoms. The Hall–Kier alpha value is -4.39. The number of fused-ring (bicyclic) bond motifs is 2. The summed E-state index contributed by atoms with van der Waals surface area (Å²) in [4.78, 5) is 32.7. The summed E-state index contributed by atoms with van der Waals surface area (Å²) in [5.74, 6) is -1.80. The van der Waals surface area contributed by atoms with Crippen LogP contribution in [0, 0.1) is 23.1 Å². The number of benzene rings is 2. The van der Waals surface area contributed by atoms with Crippen molar-refractivity contribution in [2.24, 2.45) is 5.92 Å². The highest BCUT2D eigenvalue weighted by Gasteiger charge is 2.40. The fourth-order valence-electron chi connectivity index (χ4n) is 3.85. The van der Waals surface area contributed by atoms with E-state index in [1.807, 2.05) is 6.07 Å². The molecule has 0 spiro atoms. The molecule has 160 valence electrons. The molecular weight excluding hydrogens is 417 g/mol. The first-order valence-corrected chi connectivity index (χ1v) is 9.80. The lowest BCUT2D eigenvalue weighted by Crippen LogP contribution is -2.38. The van der Waals surface area contributed by atoms with Crippen molar-refractivity contribution >= 4 is 23.4 Å². The van der Waals surface area contributed by atoms with Crippen LogP contribution in [0.25, 0.3) is 0 Å². The van der Waals surface area contributed by atoms with Crippen LogP contribution in [0.3, 0.4) is 0 Å². The molecule has 0 saturated heterocycles. The lowest BCUT2D eigenvalue weighted by molar-refractivity contribution is -0.119. The van der Waals surface area contributed by atoms with Crippen LogP contribution in [0.1, 0.15) is 17.0 Å². The standard InChI is InChI=1S/C22H16FN5O4/c23-12-2-4-13(5-3-12)25-22-27-19-18(21(30)28-22)17(14(10-24)20(29)26-19)11-1-6-15-16(9-11)32-8-7-31-15/h1-6,9,14,17H,7-8H2,(H3,25,26,27,28,29,30). The van der Waals surface area contributed by atoms with E-state index in [0.717, 1.165) is 0 Å². The largest absolute Gasteiger partial charge is 0.486 e. The first kappa shape index (κ1) is 19.6. The normalized spacial score (nSPS) is 18.8. The van der Waals surface area contributed by atoms with Crippen molar-refractivity contribution < 1.29 is 18.7 Å². The molecule has 3 N–H and O–H groups in total. The van der Waals surface area contributed by atoms with Gasteiger partial charge in [-0.05, 0) is 42.0 Å². The molecule has 2 unspecified atom stereocenters. The Labute approximate surface area is 180 Å². The zero-order valence-corrected chi connectivity index (χ0v) is 16.5. The maximum absolute atomic E-state index is 13.1. The molecular formula is C22H16FN5O4. The molecule has 0 saturated carbocycles. The first-order valence-electron chi connectivity index (χ1n) is 9.80. The second-order valence-electron chi connectivity index (χ2n) is 7.29. The Bertz CT molecular complexity index is 1320. The number of nitrogens with one attached hydrogen (secondary N) is 3. The highest BCUT2D eigenvalue weighted by molar-refractivity contribution is 5.98. The zero-order valence-electron chi connectivity index (χ0n) is 16.5. The average molecular weight is 433 g/mol. The third kappa shape index (κ3) is 3.39. The molecule has 32 heavy (non-hydrogen) atoms. The van der Waals surface area contributed by atoms with Gasteiger partial charge in [-0.3, -0.25) is 14.6 Å². The Balaban J connectivity index is 1.58. The number of nitriles is 1.